The molecule has 0 fully saturated rings. The Balaban J connectivity index is 1.41. The number of phenolic OH excluding ortho intramolecular Hbond substituents is 1. The largest absolute Gasteiger partial charge is 0.507 e. The third-order valence-electron chi connectivity index (χ3n) is 9.30. The number of hydrogen-bond acceptors (Lipinski definition) is 1. The van der Waals surface area contributed by atoms with Crippen molar-refractivity contribution in [2.45, 2.75) is 91.9 Å². The van der Waals surface area contributed by atoms with Gasteiger partial charge < -0.3 is 5.11 Å². The molecule has 1 heteroatoms. The number of aryl methyl sites for hydroxylation is 4. The maximum atomic E-state index is 11.7. The Morgan fingerprint density at radius 1 is 0.422 bits per heavy atom. The molecule has 1 nitrogen and oxygen atoms in total. The van der Waals surface area contributed by atoms with Crippen LogP contribution < -0.4 is 0 Å². The lowest BCUT2D eigenvalue weighted by Gasteiger charge is -2.17. The second-order valence-corrected chi connectivity index (χ2v) is 12.5. The summed E-state index contributed by atoms with van der Waals surface area (Å²) in [6, 6.07) is 37.7. The van der Waals surface area contributed by atoms with Crippen LogP contribution in [0.4, 0.5) is 0 Å². The SMILES string of the molecule is CCCCCc1ccc(-c2ccc(-c3cccc(-c4ccc(-c5ccc(CCCCC)cc5)cc4CC)c3O)c(CC)c2)cc1. The van der Waals surface area contributed by atoms with E-state index in [1.165, 1.54) is 83.0 Å². The van der Waals surface area contributed by atoms with Gasteiger partial charge in [0.05, 0.1) is 0 Å². The van der Waals surface area contributed by atoms with Crippen LogP contribution in [0.25, 0.3) is 44.5 Å². The van der Waals surface area contributed by atoms with Crippen LogP contribution >= 0.6 is 0 Å². The van der Waals surface area contributed by atoms with Gasteiger partial charge >= 0.3 is 0 Å². The fraction of sp³-hybridized carbons (Fsp3) is 0.318. The Hall–Kier alpha value is -4.10. The summed E-state index contributed by atoms with van der Waals surface area (Å²) in [6.07, 6.45) is 11.7. The van der Waals surface area contributed by atoms with Crippen LogP contribution in [-0.2, 0) is 25.7 Å². The van der Waals surface area contributed by atoms with Crippen molar-refractivity contribution < 1.29 is 5.11 Å². The van der Waals surface area contributed by atoms with E-state index in [9.17, 15) is 5.11 Å². The van der Waals surface area contributed by atoms with Crippen LogP contribution in [0, 0.1) is 0 Å². The minimum atomic E-state index is 0.357. The third kappa shape index (κ3) is 7.77. The van der Waals surface area contributed by atoms with Crippen molar-refractivity contribution >= 4 is 0 Å². The van der Waals surface area contributed by atoms with Gasteiger partial charge in [-0.1, -0.05) is 157 Å². The number of para-hydroxylation sites is 1. The van der Waals surface area contributed by atoms with Gasteiger partial charge in [0, 0.05) is 11.1 Å². The standard InChI is InChI=1S/C44H50O/c1-5-9-11-14-32-18-22-36(23-19-32)38-26-28-40(34(7-3)30-38)42-16-13-17-43(44(42)45)41-29-27-39(31-35(41)8-4)37-24-20-33(21-25-37)15-12-10-6-2/h13,16-31,45H,5-12,14-15H2,1-4H3. The number of phenols is 1. The van der Waals surface area contributed by atoms with Crippen molar-refractivity contribution in [2.75, 3.05) is 0 Å². The third-order valence-corrected chi connectivity index (χ3v) is 9.30. The van der Waals surface area contributed by atoms with Crippen molar-refractivity contribution in [1.82, 2.24) is 0 Å². The predicted octanol–water partition coefficient (Wildman–Crippen LogP) is 12.7. The summed E-state index contributed by atoms with van der Waals surface area (Å²) in [4.78, 5) is 0. The molecule has 45 heavy (non-hydrogen) atoms. The Morgan fingerprint density at radius 2 is 0.822 bits per heavy atom. The molecule has 0 radical (unpaired) electrons. The van der Waals surface area contributed by atoms with Gasteiger partial charge in [-0.15, -0.1) is 0 Å². The molecule has 0 saturated heterocycles. The van der Waals surface area contributed by atoms with Crippen LogP contribution in [0.5, 0.6) is 5.75 Å². The lowest BCUT2D eigenvalue weighted by Crippen LogP contribution is -1.94. The summed E-state index contributed by atoms with van der Waals surface area (Å²) in [5.41, 5.74) is 14.3. The molecule has 0 heterocycles. The van der Waals surface area contributed by atoms with Gasteiger partial charge in [0.25, 0.3) is 0 Å². The van der Waals surface area contributed by atoms with Crippen LogP contribution in [0.1, 0.15) is 88.5 Å². The van der Waals surface area contributed by atoms with Gasteiger partial charge in [-0.25, -0.2) is 0 Å². The molecule has 0 aliphatic carbocycles. The van der Waals surface area contributed by atoms with Crippen LogP contribution in [0.2, 0.25) is 0 Å². The lowest BCUT2D eigenvalue weighted by atomic mass is 9.89. The molecule has 0 saturated carbocycles. The normalized spacial score (nSPS) is 11.2. The Kier molecular flexibility index (Phi) is 11.3. The fourth-order valence-electron chi connectivity index (χ4n) is 6.52. The van der Waals surface area contributed by atoms with E-state index in [2.05, 4.69) is 131 Å². The molecule has 5 aromatic carbocycles. The molecule has 0 aliphatic rings. The molecular formula is C44H50O. The first kappa shape index (κ1) is 32.3. The van der Waals surface area contributed by atoms with E-state index in [-0.39, 0.29) is 0 Å². The number of benzene rings is 5. The molecule has 0 spiro atoms. The highest BCUT2D eigenvalue weighted by Crippen LogP contribution is 2.42. The van der Waals surface area contributed by atoms with E-state index in [0.717, 1.165) is 47.9 Å². The average molecular weight is 595 g/mol. The van der Waals surface area contributed by atoms with Crippen molar-refractivity contribution in [3.8, 4) is 50.3 Å². The Bertz CT molecular complexity index is 1550. The smallest absolute Gasteiger partial charge is 0.131 e. The van der Waals surface area contributed by atoms with Crippen molar-refractivity contribution in [1.29, 1.82) is 0 Å². The van der Waals surface area contributed by atoms with Gasteiger partial charge in [0.2, 0.25) is 0 Å². The highest BCUT2D eigenvalue weighted by Gasteiger charge is 2.16. The zero-order valence-electron chi connectivity index (χ0n) is 27.8. The molecule has 0 bridgehead atoms. The lowest BCUT2D eigenvalue weighted by molar-refractivity contribution is 0.479. The Labute approximate surface area is 272 Å². The summed E-state index contributed by atoms with van der Waals surface area (Å²) in [7, 11) is 0. The summed E-state index contributed by atoms with van der Waals surface area (Å²) in [5.74, 6) is 0.357. The van der Waals surface area contributed by atoms with E-state index in [1.54, 1.807) is 0 Å². The number of rotatable bonds is 14. The van der Waals surface area contributed by atoms with Crippen LogP contribution in [0.3, 0.4) is 0 Å². The van der Waals surface area contributed by atoms with E-state index < -0.39 is 0 Å². The monoisotopic (exact) mass is 594 g/mol. The highest BCUT2D eigenvalue weighted by atomic mass is 16.3. The molecule has 232 valence electrons. The molecular weight excluding hydrogens is 544 g/mol. The summed E-state index contributed by atoms with van der Waals surface area (Å²) < 4.78 is 0. The second-order valence-electron chi connectivity index (χ2n) is 12.5. The van der Waals surface area contributed by atoms with Gasteiger partial charge in [0.15, 0.2) is 0 Å². The summed E-state index contributed by atoms with van der Waals surface area (Å²) in [6.45, 7) is 8.91. The minimum absolute atomic E-state index is 0.357. The highest BCUT2D eigenvalue weighted by molar-refractivity contribution is 5.86. The first-order valence-electron chi connectivity index (χ1n) is 17.3. The first-order chi connectivity index (χ1) is 22.1. The summed E-state index contributed by atoms with van der Waals surface area (Å²) in [5, 5.41) is 11.7. The fourth-order valence-corrected chi connectivity index (χ4v) is 6.52. The number of hydrogen-bond donors (Lipinski definition) is 1. The molecule has 0 atom stereocenters. The van der Waals surface area contributed by atoms with Gasteiger partial charge in [-0.05, 0) is 94.2 Å². The van der Waals surface area contributed by atoms with Gasteiger partial charge in [-0.3, -0.25) is 0 Å². The van der Waals surface area contributed by atoms with E-state index in [1.807, 2.05) is 0 Å². The molecule has 0 aliphatic heterocycles. The van der Waals surface area contributed by atoms with Crippen molar-refractivity contribution in [3.63, 3.8) is 0 Å². The zero-order chi connectivity index (χ0) is 31.6. The van der Waals surface area contributed by atoms with Crippen molar-refractivity contribution in [2.24, 2.45) is 0 Å². The van der Waals surface area contributed by atoms with E-state index in [4.69, 9.17) is 0 Å². The number of unbranched alkanes of at least 4 members (excludes halogenated alkanes) is 4. The molecule has 5 aromatic rings. The predicted molar refractivity (Wildman–Crippen MR) is 195 cm³/mol. The average Bonchev–Trinajstić information content (AvgIpc) is 3.09. The van der Waals surface area contributed by atoms with Crippen molar-refractivity contribution in [3.05, 3.63) is 125 Å². The zero-order valence-corrected chi connectivity index (χ0v) is 27.8. The van der Waals surface area contributed by atoms with Gasteiger partial charge in [-0.2, -0.15) is 0 Å². The quantitative estimate of drug-likeness (QED) is 0.127. The number of aromatic hydroxyl groups is 1. The maximum absolute atomic E-state index is 11.7. The van der Waals surface area contributed by atoms with E-state index in [0.29, 0.717) is 5.75 Å². The molecule has 0 unspecified atom stereocenters. The van der Waals surface area contributed by atoms with Crippen LogP contribution in [-0.4, -0.2) is 5.11 Å². The minimum Gasteiger partial charge on any atom is -0.507 e. The molecule has 0 amide bonds. The molecule has 5 rings (SSSR count). The molecule has 1 N–H and O–H groups in total. The Morgan fingerprint density at radius 3 is 1.20 bits per heavy atom. The molecule has 0 aromatic heterocycles. The van der Waals surface area contributed by atoms with E-state index >= 15 is 0 Å². The van der Waals surface area contributed by atoms with Gasteiger partial charge in [0.1, 0.15) is 5.75 Å². The van der Waals surface area contributed by atoms with Crippen LogP contribution in [0.15, 0.2) is 103 Å². The first-order valence-corrected chi connectivity index (χ1v) is 17.3. The maximum Gasteiger partial charge on any atom is 0.131 e. The summed E-state index contributed by atoms with van der Waals surface area (Å²) >= 11 is 0. The second kappa shape index (κ2) is 15.8. The topological polar surface area (TPSA) is 20.2 Å².